The SMILES string of the molecule is O=C(O)CC1CN(C(=O)NCCC2CCCCC2)CCO1. The van der Waals surface area contributed by atoms with E-state index in [0.29, 0.717) is 26.2 Å². The first-order valence-corrected chi connectivity index (χ1v) is 8.01. The highest BCUT2D eigenvalue weighted by Crippen LogP contribution is 2.25. The Labute approximate surface area is 125 Å². The Balaban J connectivity index is 1.66. The predicted octanol–water partition coefficient (Wildman–Crippen LogP) is 1.84. The molecule has 21 heavy (non-hydrogen) atoms. The van der Waals surface area contributed by atoms with E-state index in [4.69, 9.17) is 9.84 Å². The van der Waals surface area contributed by atoms with Crippen molar-refractivity contribution in [2.45, 2.75) is 51.0 Å². The van der Waals surface area contributed by atoms with Crippen LogP contribution in [0.1, 0.15) is 44.9 Å². The number of carboxylic acid groups (broad SMARTS) is 1. The summed E-state index contributed by atoms with van der Waals surface area (Å²) in [5, 5.41) is 11.7. The summed E-state index contributed by atoms with van der Waals surface area (Å²) in [4.78, 5) is 24.4. The molecule has 0 spiro atoms. The molecule has 6 nitrogen and oxygen atoms in total. The number of nitrogens with zero attached hydrogens (tertiary/aromatic N) is 1. The lowest BCUT2D eigenvalue weighted by molar-refractivity contribution is -0.141. The van der Waals surface area contributed by atoms with Crippen molar-refractivity contribution >= 4 is 12.0 Å². The number of ether oxygens (including phenoxy) is 1. The van der Waals surface area contributed by atoms with E-state index >= 15 is 0 Å². The summed E-state index contributed by atoms with van der Waals surface area (Å²) in [7, 11) is 0. The molecule has 6 heteroatoms. The van der Waals surface area contributed by atoms with E-state index in [9.17, 15) is 9.59 Å². The molecule has 2 aliphatic rings. The van der Waals surface area contributed by atoms with E-state index in [-0.39, 0.29) is 18.6 Å². The molecule has 2 N–H and O–H groups in total. The first-order valence-electron chi connectivity index (χ1n) is 8.01. The van der Waals surface area contributed by atoms with Crippen LogP contribution in [0, 0.1) is 5.92 Å². The van der Waals surface area contributed by atoms with Gasteiger partial charge in [0.2, 0.25) is 0 Å². The van der Waals surface area contributed by atoms with E-state index < -0.39 is 5.97 Å². The Bertz CT molecular complexity index is 356. The Hall–Kier alpha value is -1.30. The van der Waals surface area contributed by atoms with E-state index in [1.54, 1.807) is 4.90 Å². The zero-order chi connectivity index (χ0) is 15.1. The van der Waals surface area contributed by atoms with Crippen LogP contribution in [-0.4, -0.2) is 54.4 Å². The van der Waals surface area contributed by atoms with Gasteiger partial charge >= 0.3 is 12.0 Å². The molecule has 120 valence electrons. The van der Waals surface area contributed by atoms with Crippen molar-refractivity contribution in [1.82, 2.24) is 10.2 Å². The zero-order valence-corrected chi connectivity index (χ0v) is 12.6. The van der Waals surface area contributed by atoms with Crippen LogP contribution in [0.5, 0.6) is 0 Å². The molecule has 0 bridgehead atoms. The number of carbonyl (C=O) groups is 2. The van der Waals surface area contributed by atoms with Crippen LogP contribution in [-0.2, 0) is 9.53 Å². The Morgan fingerprint density at radius 2 is 2.00 bits per heavy atom. The van der Waals surface area contributed by atoms with E-state index in [1.165, 1.54) is 32.1 Å². The Morgan fingerprint density at radius 3 is 2.71 bits per heavy atom. The molecule has 1 heterocycles. The van der Waals surface area contributed by atoms with Crippen LogP contribution in [0.3, 0.4) is 0 Å². The second-order valence-corrected chi connectivity index (χ2v) is 6.06. The van der Waals surface area contributed by atoms with E-state index in [2.05, 4.69) is 5.32 Å². The molecule has 0 radical (unpaired) electrons. The van der Waals surface area contributed by atoms with Gasteiger partial charge in [-0.15, -0.1) is 0 Å². The number of hydrogen-bond donors (Lipinski definition) is 2. The Kier molecular flexibility index (Phi) is 6.29. The molecule has 2 fully saturated rings. The van der Waals surface area contributed by atoms with Gasteiger partial charge in [0.15, 0.2) is 0 Å². The van der Waals surface area contributed by atoms with Gasteiger partial charge in [0, 0.05) is 19.6 Å². The van der Waals surface area contributed by atoms with Crippen molar-refractivity contribution in [3.63, 3.8) is 0 Å². The molecule has 0 aromatic carbocycles. The topological polar surface area (TPSA) is 78.9 Å². The van der Waals surface area contributed by atoms with Crippen LogP contribution in [0.4, 0.5) is 4.79 Å². The minimum Gasteiger partial charge on any atom is -0.481 e. The number of carbonyl (C=O) groups excluding carboxylic acids is 1. The molecule has 1 aliphatic carbocycles. The normalized spacial score (nSPS) is 23.8. The minimum absolute atomic E-state index is 0.0497. The highest BCUT2D eigenvalue weighted by Gasteiger charge is 2.25. The van der Waals surface area contributed by atoms with E-state index in [0.717, 1.165) is 12.3 Å². The van der Waals surface area contributed by atoms with Gasteiger partial charge < -0.3 is 20.1 Å². The molecule has 1 saturated heterocycles. The third-order valence-electron chi connectivity index (χ3n) is 4.38. The number of carboxylic acids is 1. The molecule has 1 saturated carbocycles. The van der Waals surface area contributed by atoms with Crippen molar-refractivity contribution < 1.29 is 19.4 Å². The summed E-state index contributed by atoms with van der Waals surface area (Å²) in [6.45, 7) is 2.02. The lowest BCUT2D eigenvalue weighted by atomic mass is 9.87. The van der Waals surface area contributed by atoms with Gasteiger partial charge in [-0.1, -0.05) is 32.1 Å². The molecule has 0 aromatic rings. The van der Waals surface area contributed by atoms with Gasteiger partial charge in [0.1, 0.15) is 0 Å². The number of amides is 2. The van der Waals surface area contributed by atoms with Crippen molar-refractivity contribution in [1.29, 1.82) is 0 Å². The summed E-state index contributed by atoms with van der Waals surface area (Å²) >= 11 is 0. The third kappa shape index (κ3) is 5.53. The van der Waals surface area contributed by atoms with Crippen LogP contribution in [0.25, 0.3) is 0 Å². The maximum absolute atomic E-state index is 12.1. The minimum atomic E-state index is -0.889. The van der Waals surface area contributed by atoms with Gasteiger partial charge in [0.05, 0.1) is 19.1 Å². The average Bonchev–Trinajstić information content (AvgIpc) is 2.48. The van der Waals surface area contributed by atoms with E-state index in [1.807, 2.05) is 0 Å². The summed E-state index contributed by atoms with van der Waals surface area (Å²) < 4.78 is 5.37. The number of urea groups is 1. The second kappa shape index (κ2) is 8.22. The second-order valence-electron chi connectivity index (χ2n) is 6.06. The van der Waals surface area contributed by atoms with Gasteiger partial charge in [-0.3, -0.25) is 4.79 Å². The number of rotatable bonds is 5. The fraction of sp³-hybridized carbons (Fsp3) is 0.867. The molecule has 0 aromatic heterocycles. The van der Waals surface area contributed by atoms with Gasteiger partial charge in [-0.05, 0) is 12.3 Å². The molecule has 2 amide bonds. The summed E-state index contributed by atoms with van der Waals surface area (Å²) in [5.41, 5.74) is 0. The lowest BCUT2D eigenvalue weighted by Crippen LogP contribution is -2.50. The number of aliphatic carboxylic acids is 1. The zero-order valence-electron chi connectivity index (χ0n) is 12.6. The number of hydrogen-bond acceptors (Lipinski definition) is 3. The standard InChI is InChI=1S/C15H26N2O4/c18-14(19)10-13-11-17(8-9-21-13)15(20)16-7-6-12-4-2-1-3-5-12/h12-13H,1-11H2,(H,16,20)(H,18,19). The van der Waals surface area contributed by atoms with Crippen LogP contribution >= 0.6 is 0 Å². The van der Waals surface area contributed by atoms with Crippen LogP contribution < -0.4 is 5.32 Å². The lowest BCUT2D eigenvalue weighted by Gasteiger charge is -2.32. The molecule has 2 rings (SSSR count). The molecule has 1 atom stereocenters. The third-order valence-corrected chi connectivity index (χ3v) is 4.38. The highest BCUT2D eigenvalue weighted by atomic mass is 16.5. The largest absolute Gasteiger partial charge is 0.481 e. The maximum Gasteiger partial charge on any atom is 0.317 e. The highest BCUT2D eigenvalue weighted by molar-refractivity contribution is 5.74. The molecule has 1 aliphatic heterocycles. The summed E-state index contributed by atoms with van der Waals surface area (Å²) in [6, 6.07) is -0.0931. The first-order chi connectivity index (χ1) is 10.1. The monoisotopic (exact) mass is 298 g/mol. The fourth-order valence-corrected chi connectivity index (χ4v) is 3.19. The summed E-state index contributed by atoms with van der Waals surface area (Å²) in [6.07, 6.45) is 7.17. The van der Waals surface area contributed by atoms with Gasteiger partial charge in [-0.2, -0.15) is 0 Å². The smallest absolute Gasteiger partial charge is 0.317 e. The van der Waals surface area contributed by atoms with Gasteiger partial charge in [-0.25, -0.2) is 4.79 Å². The summed E-state index contributed by atoms with van der Waals surface area (Å²) in [5.74, 6) is -0.136. The van der Waals surface area contributed by atoms with Crippen LogP contribution in [0.2, 0.25) is 0 Å². The Morgan fingerprint density at radius 1 is 1.24 bits per heavy atom. The maximum atomic E-state index is 12.1. The quantitative estimate of drug-likeness (QED) is 0.812. The van der Waals surface area contributed by atoms with Crippen molar-refractivity contribution in [2.24, 2.45) is 5.92 Å². The molecular formula is C15H26N2O4. The van der Waals surface area contributed by atoms with Crippen molar-refractivity contribution in [3.05, 3.63) is 0 Å². The molecular weight excluding hydrogens is 272 g/mol. The van der Waals surface area contributed by atoms with Crippen molar-refractivity contribution in [3.8, 4) is 0 Å². The molecule has 1 unspecified atom stereocenters. The first kappa shape index (κ1) is 16.1. The van der Waals surface area contributed by atoms with Crippen molar-refractivity contribution in [2.75, 3.05) is 26.2 Å². The average molecular weight is 298 g/mol. The number of nitrogens with one attached hydrogen (secondary N) is 1. The number of morpholine rings is 1. The predicted molar refractivity (Wildman–Crippen MR) is 78.2 cm³/mol. The van der Waals surface area contributed by atoms with Gasteiger partial charge in [0.25, 0.3) is 0 Å². The van der Waals surface area contributed by atoms with Crippen LogP contribution in [0.15, 0.2) is 0 Å². The fourth-order valence-electron chi connectivity index (χ4n) is 3.19.